The second-order valence-electron chi connectivity index (χ2n) is 4.20. The van der Waals surface area contributed by atoms with Crippen molar-refractivity contribution in [1.29, 1.82) is 0 Å². The molecule has 4 heteroatoms. The van der Waals surface area contributed by atoms with Crippen LogP contribution in [0.5, 0.6) is 0 Å². The van der Waals surface area contributed by atoms with Crippen molar-refractivity contribution in [1.82, 2.24) is 0 Å². The molecule has 0 saturated heterocycles. The highest BCUT2D eigenvalue weighted by molar-refractivity contribution is 5.79. The highest BCUT2D eigenvalue weighted by Crippen LogP contribution is 2.30. The Bertz CT molecular complexity index is 417. The molecule has 0 aromatic heterocycles. The van der Waals surface area contributed by atoms with Gasteiger partial charge in [-0.2, -0.15) is 0 Å². The van der Waals surface area contributed by atoms with E-state index in [1.807, 2.05) is 23.1 Å². The summed E-state index contributed by atoms with van der Waals surface area (Å²) in [6.45, 7) is 2.49. The van der Waals surface area contributed by atoms with Gasteiger partial charge in [-0.15, -0.1) is 0 Å². The molecule has 2 rings (SSSR count). The van der Waals surface area contributed by atoms with E-state index in [9.17, 15) is 4.79 Å². The average molecular weight is 220 g/mol. The number of nitrogens with zero attached hydrogens (tertiary/aromatic N) is 1. The second kappa shape index (κ2) is 4.04. The Balaban J connectivity index is 2.38. The lowest BCUT2D eigenvalue weighted by Crippen LogP contribution is -2.42. The van der Waals surface area contributed by atoms with Crippen LogP contribution in [-0.4, -0.2) is 23.7 Å². The Morgan fingerprint density at radius 3 is 3.00 bits per heavy atom. The Morgan fingerprint density at radius 2 is 2.31 bits per heavy atom. The van der Waals surface area contributed by atoms with E-state index in [2.05, 4.69) is 0 Å². The van der Waals surface area contributed by atoms with E-state index in [1.165, 1.54) is 5.56 Å². The van der Waals surface area contributed by atoms with Gasteiger partial charge in [0.25, 0.3) is 0 Å². The van der Waals surface area contributed by atoms with Crippen LogP contribution in [-0.2, 0) is 11.2 Å². The summed E-state index contributed by atoms with van der Waals surface area (Å²) in [6.07, 6.45) is 1.99. The van der Waals surface area contributed by atoms with Gasteiger partial charge in [-0.05, 0) is 37.5 Å². The number of carboxylic acid groups (broad SMARTS) is 1. The summed E-state index contributed by atoms with van der Waals surface area (Å²) in [4.78, 5) is 12.9. The summed E-state index contributed by atoms with van der Waals surface area (Å²) in [6, 6.07) is 5.23. The van der Waals surface area contributed by atoms with Gasteiger partial charge in [-0.3, -0.25) is 0 Å². The van der Waals surface area contributed by atoms with Crippen molar-refractivity contribution < 1.29 is 9.90 Å². The molecule has 4 nitrogen and oxygen atoms in total. The summed E-state index contributed by atoms with van der Waals surface area (Å²) >= 11 is 0. The molecule has 1 atom stereocenters. The van der Waals surface area contributed by atoms with E-state index in [1.54, 1.807) is 6.92 Å². The molecule has 0 bridgehead atoms. The Morgan fingerprint density at radius 1 is 1.56 bits per heavy atom. The third kappa shape index (κ3) is 1.83. The van der Waals surface area contributed by atoms with E-state index < -0.39 is 12.0 Å². The zero-order chi connectivity index (χ0) is 11.7. The van der Waals surface area contributed by atoms with Crippen LogP contribution >= 0.6 is 0 Å². The van der Waals surface area contributed by atoms with Crippen molar-refractivity contribution in [2.75, 3.05) is 17.2 Å². The first-order valence-electron chi connectivity index (χ1n) is 5.47. The molecule has 0 aliphatic carbocycles. The first-order chi connectivity index (χ1) is 7.59. The van der Waals surface area contributed by atoms with E-state index >= 15 is 0 Å². The molecule has 1 heterocycles. The molecule has 0 fully saturated rings. The van der Waals surface area contributed by atoms with Gasteiger partial charge < -0.3 is 15.7 Å². The highest BCUT2D eigenvalue weighted by atomic mass is 16.4. The molecular formula is C12H16N2O2. The number of hydrogen-bond acceptors (Lipinski definition) is 3. The van der Waals surface area contributed by atoms with Gasteiger partial charge in [0.1, 0.15) is 6.04 Å². The van der Waals surface area contributed by atoms with Crippen LogP contribution in [0.2, 0.25) is 0 Å². The van der Waals surface area contributed by atoms with Gasteiger partial charge >= 0.3 is 5.97 Å². The van der Waals surface area contributed by atoms with E-state index in [0.717, 1.165) is 25.1 Å². The quantitative estimate of drug-likeness (QED) is 0.741. The van der Waals surface area contributed by atoms with Gasteiger partial charge in [0.05, 0.1) is 0 Å². The Kier molecular flexibility index (Phi) is 2.73. The SMILES string of the molecule is CC(C(=O)O)N1CCCc2ccc(N)cc21. The van der Waals surface area contributed by atoms with Crippen molar-refractivity contribution in [3.05, 3.63) is 23.8 Å². The molecule has 1 aliphatic heterocycles. The second-order valence-corrected chi connectivity index (χ2v) is 4.20. The molecule has 16 heavy (non-hydrogen) atoms. The number of aliphatic carboxylic acids is 1. The number of anilines is 2. The monoisotopic (exact) mass is 220 g/mol. The smallest absolute Gasteiger partial charge is 0.326 e. The lowest BCUT2D eigenvalue weighted by Gasteiger charge is -2.34. The molecule has 1 unspecified atom stereocenters. The molecule has 86 valence electrons. The summed E-state index contributed by atoms with van der Waals surface area (Å²) in [7, 11) is 0. The Hall–Kier alpha value is -1.71. The van der Waals surface area contributed by atoms with Crippen LogP contribution in [0.15, 0.2) is 18.2 Å². The van der Waals surface area contributed by atoms with Crippen molar-refractivity contribution in [3.63, 3.8) is 0 Å². The number of nitrogens with two attached hydrogens (primary N) is 1. The van der Waals surface area contributed by atoms with E-state index in [4.69, 9.17) is 10.8 Å². The fourth-order valence-electron chi connectivity index (χ4n) is 2.16. The molecule has 1 aromatic carbocycles. The number of aryl methyl sites for hydroxylation is 1. The first kappa shape index (κ1) is 10.8. The summed E-state index contributed by atoms with van der Waals surface area (Å²) in [5.74, 6) is -0.796. The van der Waals surface area contributed by atoms with E-state index in [0.29, 0.717) is 5.69 Å². The van der Waals surface area contributed by atoms with Crippen LogP contribution in [0.25, 0.3) is 0 Å². The van der Waals surface area contributed by atoms with Gasteiger partial charge in [0, 0.05) is 17.9 Å². The van der Waals surface area contributed by atoms with Crippen molar-refractivity contribution in [2.45, 2.75) is 25.8 Å². The van der Waals surface area contributed by atoms with Crippen molar-refractivity contribution in [2.24, 2.45) is 0 Å². The number of nitrogen functional groups attached to an aromatic ring is 1. The number of carboxylic acids is 1. The van der Waals surface area contributed by atoms with Gasteiger partial charge in [-0.1, -0.05) is 6.07 Å². The highest BCUT2D eigenvalue weighted by Gasteiger charge is 2.25. The minimum Gasteiger partial charge on any atom is -0.480 e. The summed E-state index contributed by atoms with van der Waals surface area (Å²) in [5, 5.41) is 9.06. The fourth-order valence-corrected chi connectivity index (χ4v) is 2.16. The predicted octanol–water partition coefficient (Wildman–Crippen LogP) is 1.49. The van der Waals surface area contributed by atoms with Gasteiger partial charge in [0.15, 0.2) is 0 Å². The van der Waals surface area contributed by atoms with Crippen molar-refractivity contribution >= 4 is 17.3 Å². The first-order valence-corrected chi connectivity index (χ1v) is 5.47. The third-order valence-corrected chi connectivity index (χ3v) is 3.09. The van der Waals surface area contributed by atoms with Crippen LogP contribution in [0, 0.1) is 0 Å². The zero-order valence-electron chi connectivity index (χ0n) is 9.31. The standard InChI is InChI=1S/C12H16N2O2/c1-8(12(15)16)14-6-2-3-9-4-5-10(13)7-11(9)14/h4-5,7-8H,2-3,6,13H2,1H3,(H,15,16). The largest absolute Gasteiger partial charge is 0.480 e. The molecular weight excluding hydrogens is 204 g/mol. The zero-order valence-corrected chi connectivity index (χ0v) is 9.31. The van der Waals surface area contributed by atoms with Crippen LogP contribution in [0.4, 0.5) is 11.4 Å². The summed E-state index contributed by atoms with van der Waals surface area (Å²) < 4.78 is 0. The molecule has 0 spiro atoms. The van der Waals surface area contributed by atoms with Crippen LogP contribution in [0.1, 0.15) is 18.9 Å². The van der Waals surface area contributed by atoms with Gasteiger partial charge in [-0.25, -0.2) is 4.79 Å². The predicted molar refractivity (Wildman–Crippen MR) is 63.6 cm³/mol. The normalized spacial score (nSPS) is 16.7. The average Bonchev–Trinajstić information content (AvgIpc) is 2.27. The van der Waals surface area contributed by atoms with Crippen molar-refractivity contribution in [3.8, 4) is 0 Å². The molecule has 1 aliphatic rings. The fraction of sp³-hybridized carbons (Fsp3) is 0.417. The minimum atomic E-state index is -0.796. The molecule has 0 saturated carbocycles. The lowest BCUT2D eigenvalue weighted by molar-refractivity contribution is -0.138. The lowest BCUT2D eigenvalue weighted by atomic mass is 9.99. The molecule has 0 radical (unpaired) electrons. The molecule has 1 aromatic rings. The van der Waals surface area contributed by atoms with Crippen LogP contribution < -0.4 is 10.6 Å². The number of carbonyl (C=O) groups is 1. The number of fused-ring (bicyclic) bond motifs is 1. The maximum atomic E-state index is 11.0. The Labute approximate surface area is 94.7 Å². The number of benzene rings is 1. The molecule has 3 N–H and O–H groups in total. The number of rotatable bonds is 2. The topological polar surface area (TPSA) is 66.6 Å². The summed E-state index contributed by atoms with van der Waals surface area (Å²) in [5.41, 5.74) is 8.59. The third-order valence-electron chi connectivity index (χ3n) is 3.09. The number of hydrogen-bond donors (Lipinski definition) is 2. The van der Waals surface area contributed by atoms with Gasteiger partial charge in [0.2, 0.25) is 0 Å². The maximum Gasteiger partial charge on any atom is 0.326 e. The maximum absolute atomic E-state index is 11.0. The minimum absolute atomic E-state index is 0.499. The van der Waals surface area contributed by atoms with E-state index in [-0.39, 0.29) is 0 Å². The molecule has 0 amide bonds. The van der Waals surface area contributed by atoms with Crippen LogP contribution in [0.3, 0.4) is 0 Å².